The summed E-state index contributed by atoms with van der Waals surface area (Å²) in [6, 6.07) is 2.77. The predicted octanol–water partition coefficient (Wildman–Crippen LogP) is 4.00. The number of aromatic nitrogens is 1. The molecule has 19 heavy (non-hydrogen) atoms. The van der Waals surface area contributed by atoms with Gasteiger partial charge in [0.2, 0.25) is 0 Å². The van der Waals surface area contributed by atoms with E-state index in [-0.39, 0.29) is 5.41 Å². The first-order valence-corrected chi connectivity index (χ1v) is 7.76. The highest BCUT2D eigenvalue weighted by Gasteiger charge is 2.42. The maximum absolute atomic E-state index is 12.3. The second-order valence-electron chi connectivity index (χ2n) is 7.77. The molecular weight excluding hydrogens is 234 g/mol. The molecular formula is C17H23NO. The number of carbonyl (C=O) groups is 1. The van der Waals surface area contributed by atoms with E-state index in [0.29, 0.717) is 18.2 Å². The Morgan fingerprint density at radius 1 is 1.21 bits per heavy atom. The summed E-state index contributed by atoms with van der Waals surface area (Å²) in [6.07, 6.45) is 9.59. The zero-order chi connectivity index (χ0) is 13.2. The van der Waals surface area contributed by atoms with Crippen LogP contribution < -0.4 is 0 Å². The van der Waals surface area contributed by atoms with Crippen LogP contribution in [0.5, 0.6) is 0 Å². The maximum Gasteiger partial charge on any atom is 0.165 e. The average Bonchev–Trinajstić information content (AvgIpc) is 2.99. The highest BCUT2D eigenvalue weighted by atomic mass is 16.1. The lowest BCUT2D eigenvalue weighted by Crippen LogP contribution is -2.29. The molecule has 4 rings (SSSR count). The number of fused-ring (bicyclic) bond motifs is 3. The van der Waals surface area contributed by atoms with Crippen LogP contribution in [0.1, 0.15) is 68.0 Å². The summed E-state index contributed by atoms with van der Waals surface area (Å²) >= 11 is 0. The Balaban J connectivity index is 1.74. The van der Waals surface area contributed by atoms with Crippen LogP contribution in [-0.4, -0.2) is 10.4 Å². The molecule has 2 fully saturated rings. The molecule has 2 saturated carbocycles. The molecule has 0 aromatic carbocycles. The first-order chi connectivity index (χ1) is 9.03. The van der Waals surface area contributed by atoms with Crippen molar-refractivity contribution >= 4 is 5.78 Å². The minimum absolute atomic E-state index is 0.137. The van der Waals surface area contributed by atoms with E-state index in [1.165, 1.54) is 31.4 Å². The van der Waals surface area contributed by atoms with Gasteiger partial charge < -0.3 is 4.57 Å². The van der Waals surface area contributed by atoms with Gasteiger partial charge in [0.1, 0.15) is 0 Å². The van der Waals surface area contributed by atoms with Gasteiger partial charge in [0.25, 0.3) is 0 Å². The van der Waals surface area contributed by atoms with Crippen LogP contribution in [0.25, 0.3) is 0 Å². The largest absolute Gasteiger partial charge is 0.347 e. The first-order valence-electron chi connectivity index (χ1n) is 7.76. The summed E-state index contributed by atoms with van der Waals surface area (Å²) in [6.45, 7) is 4.46. The molecule has 3 aliphatic carbocycles. The smallest absolute Gasteiger partial charge is 0.165 e. The average molecular weight is 257 g/mol. The molecule has 2 nitrogen and oxygen atoms in total. The molecule has 0 saturated heterocycles. The quantitative estimate of drug-likeness (QED) is 0.745. The van der Waals surface area contributed by atoms with Crippen molar-refractivity contribution in [2.75, 3.05) is 0 Å². The summed E-state index contributed by atoms with van der Waals surface area (Å²) in [5.74, 6) is 2.19. The number of hydrogen-bond acceptors (Lipinski definition) is 1. The molecule has 3 unspecified atom stereocenters. The van der Waals surface area contributed by atoms with E-state index in [0.717, 1.165) is 23.8 Å². The van der Waals surface area contributed by atoms with E-state index < -0.39 is 0 Å². The van der Waals surface area contributed by atoms with Gasteiger partial charge in [-0.1, -0.05) is 20.3 Å². The van der Waals surface area contributed by atoms with E-state index in [1.807, 2.05) is 0 Å². The molecule has 3 atom stereocenters. The normalized spacial score (nSPS) is 35.7. The van der Waals surface area contributed by atoms with E-state index in [1.54, 1.807) is 0 Å². The van der Waals surface area contributed by atoms with Gasteiger partial charge in [-0.3, -0.25) is 4.79 Å². The summed E-state index contributed by atoms with van der Waals surface area (Å²) in [7, 11) is 0. The van der Waals surface area contributed by atoms with Crippen molar-refractivity contribution in [3.05, 3.63) is 23.5 Å². The third kappa shape index (κ3) is 1.72. The molecule has 1 heterocycles. The van der Waals surface area contributed by atoms with Gasteiger partial charge in [0, 0.05) is 29.9 Å². The van der Waals surface area contributed by atoms with Crippen molar-refractivity contribution < 1.29 is 4.79 Å². The van der Waals surface area contributed by atoms with Gasteiger partial charge in [-0.2, -0.15) is 0 Å². The molecule has 0 spiro atoms. The Kier molecular flexibility index (Phi) is 2.31. The van der Waals surface area contributed by atoms with Crippen molar-refractivity contribution in [2.24, 2.45) is 17.3 Å². The SMILES string of the molecule is CC1(C)CC(=O)c2ccn(C3CC4CCC3C4)c2C1. The lowest BCUT2D eigenvalue weighted by atomic mass is 9.76. The lowest BCUT2D eigenvalue weighted by Gasteiger charge is -2.33. The number of Topliss-reactive ketones (excluding diaryl/α,β-unsaturated/α-hetero) is 1. The monoisotopic (exact) mass is 257 g/mol. The van der Waals surface area contributed by atoms with Gasteiger partial charge in [0.15, 0.2) is 5.78 Å². The zero-order valence-electron chi connectivity index (χ0n) is 12.0. The zero-order valence-corrected chi connectivity index (χ0v) is 12.0. The Morgan fingerprint density at radius 3 is 2.74 bits per heavy atom. The molecule has 1 aromatic rings. The van der Waals surface area contributed by atoms with Gasteiger partial charge in [-0.05, 0) is 49.0 Å². The molecule has 3 aliphatic rings. The molecule has 2 bridgehead atoms. The Labute approximate surface area is 115 Å². The number of ketones is 1. The highest BCUT2D eigenvalue weighted by molar-refractivity contribution is 5.98. The number of hydrogen-bond donors (Lipinski definition) is 0. The van der Waals surface area contributed by atoms with E-state index in [2.05, 4.69) is 30.7 Å². The molecule has 0 amide bonds. The molecule has 102 valence electrons. The standard InChI is InChI=1S/C17H23NO/c1-17(2)9-15-13(16(19)10-17)5-6-18(15)14-8-11-3-4-12(14)7-11/h5-6,11-12,14H,3-4,7-10H2,1-2H3. The van der Waals surface area contributed by atoms with Crippen LogP contribution in [0.2, 0.25) is 0 Å². The van der Waals surface area contributed by atoms with Crippen LogP contribution in [0.4, 0.5) is 0 Å². The summed E-state index contributed by atoms with van der Waals surface area (Å²) in [5, 5.41) is 0. The van der Waals surface area contributed by atoms with E-state index in [9.17, 15) is 4.79 Å². The highest BCUT2D eigenvalue weighted by Crippen LogP contribution is 2.52. The number of carbonyl (C=O) groups excluding carboxylic acids is 1. The number of nitrogens with zero attached hydrogens (tertiary/aromatic N) is 1. The van der Waals surface area contributed by atoms with Gasteiger partial charge in [-0.25, -0.2) is 0 Å². The molecule has 0 N–H and O–H groups in total. The molecule has 0 radical (unpaired) electrons. The van der Waals surface area contributed by atoms with Gasteiger partial charge >= 0.3 is 0 Å². The van der Waals surface area contributed by atoms with Crippen molar-refractivity contribution in [2.45, 2.75) is 58.4 Å². The van der Waals surface area contributed by atoms with Crippen molar-refractivity contribution in [1.82, 2.24) is 4.57 Å². The Morgan fingerprint density at radius 2 is 2.05 bits per heavy atom. The van der Waals surface area contributed by atoms with Crippen LogP contribution in [0.3, 0.4) is 0 Å². The van der Waals surface area contributed by atoms with Crippen LogP contribution in [0, 0.1) is 17.3 Å². The predicted molar refractivity (Wildman–Crippen MR) is 75.3 cm³/mol. The second kappa shape index (κ2) is 3.74. The minimum Gasteiger partial charge on any atom is -0.347 e. The Bertz CT molecular complexity index is 539. The van der Waals surface area contributed by atoms with Crippen LogP contribution >= 0.6 is 0 Å². The van der Waals surface area contributed by atoms with Crippen molar-refractivity contribution in [3.63, 3.8) is 0 Å². The van der Waals surface area contributed by atoms with Crippen LogP contribution in [0.15, 0.2) is 12.3 Å². The fourth-order valence-electron chi connectivity index (χ4n) is 4.83. The first kappa shape index (κ1) is 11.7. The number of rotatable bonds is 1. The fourth-order valence-corrected chi connectivity index (χ4v) is 4.83. The summed E-state index contributed by atoms with van der Waals surface area (Å²) in [5.41, 5.74) is 2.48. The van der Waals surface area contributed by atoms with E-state index >= 15 is 0 Å². The molecule has 1 aromatic heterocycles. The molecule has 2 heteroatoms. The third-order valence-electron chi connectivity index (χ3n) is 5.67. The molecule has 0 aliphatic heterocycles. The lowest BCUT2D eigenvalue weighted by molar-refractivity contribution is 0.0908. The second-order valence-corrected chi connectivity index (χ2v) is 7.77. The topological polar surface area (TPSA) is 22.0 Å². The van der Waals surface area contributed by atoms with Crippen molar-refractivity contribution in [3.8, 4) is 0 Å². The fraction of sp³-hybridized carbons (Fsp3) is 0.706. The summed E-state index contributed by atoms with van der Waals surface area (Å²) < 4.78 is 2.48. The van der Waals surface area contributed by atoms with Crippen molar-refractivity contribution in [1.29, 1.82) is 0 Å². The van der Waals surface area contributed by atoms with Gasteiger partial charge in [-0.15, -0.1) is 0 Å². The van der Waals surface area contributed by atoms with E-state index in [4.69, 9.17) is 0 Å². The van der Waals surface area contributed by atoms with Gasteiger partial charge in [0.05, 0.1) is 0 Å². The van der Waals surface area contributed by atoms with Crippen LogP contribution in [-0.2, 0) is 6.42 Å². The maximum atomic E-state index is 12.3. The summed E-state index contributed by atoms with van der Waals surface area (Å²) in [4.78, 5) is 12.3. The minimum atomic E-state index is 0.137. The Hall–Kier alpha value is -1.05. The third-order valence-corrected chi connectivity index (χ3v) is 5.67.